The first-order chi connectivity index (χ1) is 13.1. The molecule has 1 heterocycles. The van der Waals surface area contributed by atoms with Gasteiger partial charge in [0.05, 0.1) is 35.9 Å². The summed E-state index contributed by atoms with van der Waals surface area (Å²) >= 11 is 0. The minimum absolute atomic E-state index is 0.0286. The van der Waals surface area contributed by atoms with Crippen LogP contribution in [0.5, 0.6) is 0 Å². The second-order valence-corrected chi connectivity index (χ2v) is 7.41. The van der Waals surface area contributed by atoms with Gasteiger partial charge in [-0.1, -0.05) is 0 Å². The molecule has 0 bridgehead atoms. The summed E-state index contributed by atoms with van der Waals surface area (Å²) in [5, 5.41) is 20.9. The van der Waals surface area contributed by atoms with E-state index in [0.717, 1.165) is 6.07 Å². The van der Waals surface area contributed by atoms with E-state index in [-0.39, 0.29) is 24.4 Å². The molecule has 1 fully saturated rings. The Balaban J connectivity index is 2.29. The maximum absolute atomic E-state index is 12.3. The number of nitro benzene ring substituents is 1. The smallest absolute Gasteiger partial charge is 0.410 e. The van der Waals surface area contributed by atoms with Crippen LogP contribution in [0.2, 0.25) is 0 Å². The highest BCUT2D eigenvalue weighted by Crippen LogP contribution is 2.29. The Labute approximate surface area is 162 Å². The number of hydrogen-bond donors (Lipinski definition) is 1. The summed E-state index contributed by atoms with van der Waals surface area (Å²) in [6, 6.07) is 3.38. The van der Waals surface area contributed by atoms with Crippen molar-refractivity contribution in [3.63, 3.8) is 0 Å². The molecule has 2 rings (SSSR count). The van der Waals surface area contributed by atoms with Gasteiger partial charge >= 0.3 is 12.1 Å². The van der Waals surface area contributed by atoms with Crippen LogP contribution in [-0.2, 0) is 9.47 Å². The van der Waals surface area contributed by atoms with E-state index in [2.05, 4.69) is 0 Å². The maximum atomic E-state index is 12.3. The second-order valence-electron chi connectivity index (χ2n) is 7.41. The Bertz CT molecular complexity index is 760. The zero-order valence-corrected chi connectivity index (χ0v) is 16.4. The number of esters is 1. The largest absolute Gasteiger partial charge is 0.465 e. The van der Waals surface area contributed by atoms with Crippen LogP contribution in [0.1, 0.15) is 31.1 Å². The molecule has 0 unspecified atom stereocenters. The average molecular weight is 395 g/mol. The average Bonchev–Trinajstić information content (AvgIpc) is 2.64. The summed E-state index contributed by atoms with van der Waals surface area (Å²) in [6.07, 6.45) is -0.484. The molecule has 0 aromatic heterocycles. The van der Waals surface area contributed by atoms with Gasteiger partial charge in [-0.2, -0.15) is 0 Å². The fourth-order valence-corrected chi connectivity index (χ4v) is 2.98. The maximum Gasteiger partial charge on any atom is 0.410 e. The molecule has 1 atom stereocenters. The van der Waals surface area contributed by atoms with Gasteiger partial charge in [0.1, 0.15) is 5.60 Å². The molecular formula is C18H25N3O7. The molecule has 0 aliphatic carbocycles. The minimum Gasteiger partial charge on any atom is -0.465 e. The molecule has 154 valence electrons. The molecule has 28 heavy (non-hydrogen) atoms. The number of rotatable bonds is 4. The van der Waals surface area contributed by atoms with Crippen molar-refractivity contribution in [1.82, 2.24) is 4.90 Å². The van der Waals surface area contributed by atoms with Crippen molar-refractivity contribution in [2.75, 3.05) is 38.3 Å². The molecule has 10 heteroatoms. The fraction of sp³-hybridized carbons (Fsp3) is 0.556. The fourth-order valence-electron chi connectivity index (χ4n) is 2.98. The Morgan fingerprint density at radius 2 is 2.00 bits per heavy atom. The Hall–Kier alpha value is -2.88. The summed E-state index contributed by atoms with van der Waals surface area (Å²) < 4.78 is 10.1. The van der Waals surface area contributed by atoms with E-state index in [1.165, 1.54) is 24.1 Å². The van der Waals surface area contributed by atoms with E-state index in [9.17, 15) is 24.8 Å². The van der Waals surface area contributed by atoms with E-state index < -0.39 is 28.6 Å². The van der Waals surface area contributed by atoms with Gasteiger partial charge in [0.2, 0.25) is 0 Å². The summed E-state index contributed by atoms with van der Waals surface area (Å²) in [6.45, 7) is 5.83. The van der Waals surface area contributed by atoms with Crippen LogP contribution in [0.15, 0.2) is 18.2 Å². The molecule has 1 amide bonds. The highest BCUT2D eigenvalue weighted by molar-refractivity contribution is 5.96. The standard InChI is InChI=1S/C18H25N3O7/c1-18(2,3)28-17(24)19-7-8-20(13(10-19)11-22)15-6-5-12(21(25)26)9-14(15)16(23)27-4/h5-6,9,13,22H,7-8,10-11H2,1-4H3/t13-/m1/s1. The number of methoxy groups -OCH3 is 1. The van der Waals surface area contributed by atoms with E-state index in [4.69, 9.17) is 9.47 Å². The third kappa shape index (κ3) is 4.89. The van der Waals surface area contributed by atoms with Gasteiger partial charge in [-0.3, -0.25) is 10.1 Å². The van der Waals surface area contributed by atoms with E-state index in [1.807, 2.05) is 0 Å². The van der Waals surface area contributed by atoms with Gasteiger partial charge in [-0.05, 0) is 26.8 Å². The van der Waals surface area contributed by atoms with Crippen LogP contribution < -0.4 is 4.90 Å². The second kappa shape index (κ2) is 8.42. The number of piperazine rings is 1. The zero-order chi connectivity index (χ0) is 21.1. The SMILES string of the molecule is COC(=O)c1cc([N+](=O)[O-])ccc1N1CCN(C(=O)OC(C)(C)C)C[C@@H]1CO. The molecule has 0 spiro atoms. The zero-order valence-electron chi connectivity index (χ0n) is 16.4. The lowest BCUT2D eigenvalue weighted by atomic mass is 10.1. The summed E-state index contributed by atoms with van der Waals surface area (Å²) in [5.41, 5.74) is -0.447. The Kier molecular flexibility index (Phi) is 6.45. The molecule has 0 saturated carbocycles. The molecule has 1 aromatic rings. The van der Waals surface area contributed by atoms with Gasteiger partial charge in [-0.25, -0.2) is 9.59 Å². The van der Waals surface area contributed by atoms with Crippen LogP contribution in [0.25, 0.3) is 0 Å². The highest BCUT2D eigenvalue weighted by atomic mass is 16.6. The molecule has 10 nitrogen and oxygen atoms in total. The monoisotopic (exact) mass is 395 g/mol. The molecule has 1 aliphatic rings. The number of nitrogens with zero attached hydrogens (tertiary/aromatic N) is 3. The number of benzene rings is 1. The quantitative estimate of drug-likeness (QED) is 0.465. The normalized spacial score (nSPS) is 17.2. The van der Waals surface area contributed by atoms with Crippen molar-refractivity contribution in [3.05, 3.63) is 33.9 Å². The predicted molar refractivity (Wildman–Crippen MR) is 100 cm³/mol. The van der Waals surface area contributed by atoms with Crippen molar-refractivity contribution in [1.29, 1.82) is 0 Å². The topological polar surface area (TPSA) is 122 Å². The first-order valence-corrected chi connectivity index (χ1v) is 8.79. The summed E-state index contributed by atoms with van der Waals surface area (Å²) in [7, 11) is 1.19. The first-order valence-electron chi connectivity index (χ1n) is 8.79. The van der Waals surface area contributed by atoms with Crippen molar-refractivity contribution >= 4 is 23.4 Å². The number of carbonyl (C=O) groups is 2. The summed E-state index contributed by atoms with van der Waals surface area (Å²) in [4.78, 5) is 38.2. The third-order valence-corrected chi connectivity index (χ3v) is 4.25. The molecule has 1 N–H and O–H groups in total. The summed E-state index contributed by atoms with van der Waals surface area (Å²) in [5.74, 6) is -0.718. The number of hydrogen-bond acceptors (Lipinski definition) is 8. The number of anilines is 1. The molecule has 0 radical (unpaired) electrons. The van der Waals surface area contributed by atoms with Gasteiger partial charge < -0.3 is 24.4 Å². The van der Waals surface area contributed by atoms with E-state index in [0.29, 0.717) is 18.8 Å². The van der Waals surface area contributed by atoms with Gasteiger partial charge in [0.15, 0.2) is 0 Å². The lowest BCUT2D eigenvalue weighted by Gasteiger charge is -2.42. The number of aliphatic hydroxyl groups excluding tert-OH is 1. The number of ether oxygens (including phenoxy) is 2. The number of amides is 1. The van der Waals surface area contributed by atoms with E-state index >= 15 is 0 Å². The van der Waals surface area contributed by atoms with Crippen LogP contribution in [0, 0.1) is 10.1 Å². The number of non-ortho nitro benzene ring substituents is 1. The van der Waals surface area contributed by atoms with Gasteiger partial charge in [-0.15, -0.1) is 0 Å². The van der Waals surface area contributed by atoms with Gasteiger partial charge in [0.25, 0.3) is 5.69 Å². The van der Waals surface area contributed by atoms with Crippen LogP contribution >= 0.6 is 0 Å². The number of carbonyl (C=O) groups excluding carboxylic acids is 2. The van der Waals surface area contributed by atoms with Crippen molar-refractivity contribution in [2.45, 2.75) is 32.4 Å². The van der Waals surface area contributed by atoms with Crippen molar-refractivity contribution in [3.8, 4) is 0 Å². The molecule has 1 saturated heterocycles. The first kappa shape index (κ1) is 21.4. The van der Waals surface area contributed by atoms with Crippen molar-refractivity contribution in [2.24, 2.45) is 0 Å². The molecular weight excluding hydrogens is 370 g/mol. The Morgan fingerprint density at radius 1 is 1.32 bits per heavy atom. The van der Waals surface area contributed by atoms with Crippen LogP contribution in [0.3, 0.4) is 0 Å². The lowest BCUT2D eigenvalue weighted by molar-refractivity contribution is -0.384. The van der Waals surface area contributed by atoms with Crippen LogP contribution in [-0.4, -0.2) is 72.0 Å². The number of nitro groups is 1. The third-order valence-electron chi connectivity index (χ3n) is 4.25. The minimum atomic E-state index is -0.718. The lowest BCUT2D eigenvalue weighted by Crippen LogP contribution is -2.57. The highest BCUT2D eigenvalue weighted by Gasteiger charge is 2.34. The molecule has 1 aliphatic heterocycles. The predicted octanol–water partition coefficient (Wildman–Crippen LogP) is 1.80. The van der Waals surface area contributed by atoms with Crippen LogP contribution in [0.4, 0.5) is 16.2 Å². The van der Waals surface area contributed by atoms with E-state index in [1.54, 1.807) is 25.7 Å². The number of aliphatic hydroxyl groups is 1. The van der Waals surface area contributed by atoms with Gasteiger partial charge in [0, 0.05) is 31.8 Å². The molecule has 1 aromatic carbocycles. The van der Waals surface area contributed by atoms with Crippen molar-refractivity contribution < 1.29 is 29.1 Å². The Morgan fingerprint density at radius 3 is 2.54 bits per heavy atom.